The van der Waals surface area contributed by atoms with Crippen LogP contribution in [0.2, 0.25) is 0 Å². The summed E-state index contributed by atoms with van der Waals surface area (Å²) in [4.78, 5) is 0. The molecule has 1 radical (unpaired) electrons. The van der Waals surface area contributed by atoms with Gasteiger partial charge in [0, 0.05) is 0 Å². The molecule has 0 fully saturated rings. The van der Waals surface area contributed by atoms with Crippen LogP contribution < -0.4 is 0 Å². The molecule has 55 valence electrons. The fraction of sp³-hybridized carbons (Fsp3) is 0.875. The Bertz CT molecular complexity index is 61.5. The molecule has 0 saturated heterocycles. The zero-order valence-corrected chi connectivity index (χ0v) is 6.49. The van der Waals surface area contributed by atoms with E-state index in [4.69, 9.17) is 0 Å². The van der Waals surface area contributed by atoms with Gasteiger partial charge >= 0.3 is 0 Å². The van der Waals surface area contributed by atoms with Gasteiger partial charge in [0.05, 0.1) is 0 Å². The van der Waals surface area contributed by atoms with E-state index in [2.05, 4.69) is 34.6 Å². The summed E-state index contributed by atoms with van der Waals surface area (Å²) in [5.41, 5.74) is 0.398. The van der Waals surface area contributed by atoms with Crippen LogP contribution in [0.25, 0.3) is 0 Å². The molecule has 0 rings (SSSR count). The van der Waals surface area contributed by atoms with E-state index in [1.807, 2.05) is 0 Å². The molecule has 0 aromatic heterocycles. The van der Waals surface area contributed by atoms with Gasteiger partial charge in [-0.2, -0.15) is 0 Å². The summed E-state index contributed by atoms with van der Waals surface area (Å²) < 4.78 is 0. The van der Waals surface area contributed by atoms with Crippen molar-refractivity contribution in [3.05, 3.63) is 6.92 Å². The van der Waals surface area contributed by atoms with Gasteiger partial charge in [0.2, 0.25) is 0 Å². The Labute approximate surface area is 70.2 Å². The molecule has 0 aliphatic carbocycles. The highest BCUT2D eigenvalue weighted by atomic mass is 27.0. The van der Waals surface area contributed by atoms with E-state index in [1.54, 1.807) is 0 Å². The largest absolute Gasteiger partial charge is 0.187 e. The molecular formula is C8H20Al. The van der Waals surface area contributed by atoms with Crippen molar-refractivity contribution in [1.29, 1.82) is 0 Å². The Morgan fingerprint density at radius 1 is 1.33 bits per heavy atom. The summed E-state index contributed by atoms with van der Waals surface area (Å²) in [5.74, 6) is 0.600. The van der Waals surface area contributed by atoms with Crippen LogP contribution in [0, 0.1) is 18.3 Å². The average Bonchev–Trinajstić information content (AvgIpc) is 1.62. The van der Waals surface area contributed by atoms with E-state index in [0.717, 1.165) is 0 Å². The van der Waals surface area contributed by atoms with Crippen LogP contribution in [-0.4, -0.2) is 17.4 Å². The topological polar surface area (TPSA) is 0 Å². The van der Waals surface area contributed by atoms with Crippen molar-refractivity contribution in [2.75, 3.05) is 0 Å². The fourth-order valence-corrected chi connectivity index (χ4v) is 0.612. The van der Waals surface area contributed by atoms with Crippen molar-refractivity contribution < 1.29 is 0 Å². The summed E-state index contributed by atoms with van der Waals surface area (Å²) in [6.45, 7) is 12.9. The molecule has 0 aromatic carbocycles. The molecule has 0 spiro atoms. The highest BCUT2D eigenvalue weighted by Crippen LogP contribution is 2.26. The minimum Gasteiger partial charge on any atom is -0.0651 e. The van der Waals surface area contributed by atoms with Crippen molar-refractivity contribution in [1.82, 2.24) is 0 Å². The van der Waals surface area contributed by atoms with E-state index >= 15 is 0 Å². The van der Waals surface area contributed by atoms with Crippen molar-refractivity contribution in [3.8, 4) is 0 Å². The number of rotatable bonds is 1. The zero-order chi connectivity index (χ0) is 6.78. The van der Waals surface area contributed by atoms with E-state index in [-0.39, 0.29) is 17.4 Å². The second-order valence-corrected chi connectivity index (χ2v) is 3.47. The monoisotopic (exact) mass is 143 g/mol. The molecule has 0 nitrogen and oxygen atoms in total. The van der Waals surface area contributed by atoms with Crippen molar-refractivity contribution >= 4 is 17.4 Å². The summed E-state index contributed by atoms with van der Waals surface area (Å²) in [5, 5.41) is 0. The lowest BCUT2D eigenvalue weighted by Crippen LogP contribution is -2.16. The minimum atomic E-state index is 0. The molecule has 0 bridgehead atoms. The molecule has 1 unspecified atom stereocenters. The van der Waals surface area contributed by atoms with Gasteiger partial charge < -0.3 is 0 Å². The maximum absolute atomic E-state index is 4.03. The highest BCUT2D eigenvalue weighted by molar-refractivity contribution is 5.75. The third-order valence-electron chi connectivity index (χ3n) is 1.72. The molecule has 9 heavy (non-hydrogen) atoms. The lowest BCUT2D eigenvalue weighted by atomic mass is 9.81. The van der Waals surface area contributed by atoms with Crippen LogP contribution >= 0.6 is 0 Å². The molecule has 0 amide bonds. The van der Waals surface area contributed by atoms with Gasteiger partial charge in [-0.1, -0.05) is 34.1 Å². The molecule has 0 aliphatic heterocycles. The zero-order valence-electron chi connectivity index (χ0n) is 6.49. The lowest BCUT2D eigenvalue weighted by molar-refractivity contribution is 0.283. The molecular weight excluding hydrogens is 123 g/mol. The maximum atomic E-state index is 4.03. The second kappa shape index (κ2) is 4.36. The van der Waals surface area contributed by atoms with Gasteiger partial charge in [-0.3, -0.25) is 0 Å². The van der Waals surface area contributed by atoms with E-state index < -0.39 is 0 Å². The Morgan fingerprint density at radius 3 is 1.67 bits per heavy atom. The third-order valence-corrected chi connectivity index (χ3v) is 1.72. The number of hydrogen-bond donors (Lipinski definition) is 0. The quantitative estimate of drug-likeness (QED) is 0.490. The first kappa shape index (κ1) is 12.2. The van der Waals surface area contributed by atoms with Gasteiger partial charge in [-0.15, -0.1) is 0 Å². The number of hydrogen-bond acceptors (Lipinski definition) is 0. The summed E-state index contributed by atoms with van der Waals surface area (Å²) in [6, 6.07) is 0. The molecule has 1 atom stereocenters. The third kappa shape index (κ3) is 5.00. The molecule has 0 aromatic rings. The highest BCUT2D eigenvalue weighted by Gasteiger charge is 2.17. The van der Waals surface area contributed by atoms with Crippen LogP contribution in [-0.2, 0) is 0 Å². The first-order chi connectivity index (χ1) is 3.48. The van der Waals surface area contributed by atoms with Crippen molar-refractivity contribution in [2.45, 2.75) is 34.1 Å². The summed E-state index contributed by atoms with van der Waals surface area (Å²) >= 11 is 0. The van der Waals surface area contributed by atoms with Gasteiger partial charge in [0.1, 0.15) is 0 Å². The van der Waals surface area contributed by atoms with Gasteiger partial charge in [0.25, 0.3) is 0 Å². The summed E-state index contributed by atoms with van der Waals surface area (Å²) in [6.07, 6.45) is 1.18. The van der Waals surface area contributed by atoms with E-state index in [1.165, 1.54) is 6.42 Å². The van der Waals surface area contributed by atoms with Crippen LogP contribution in [0.15, 0.2) is 0 Å². The lowest BCUT2D eigenvalue weighted by Gasteiger charge is -2.25. The average molecular weight is 143 g/mol. The van der Waals surface area contributed by atoms with Crippen molar-refractivity contribution in [3.63, 3.8) is 0 Å². The molecule has 0 saturated carbocycles. The molecule has 0 N–H and O–H groups in total. The SMILES string of the molecule is [AlH3].[CH2]C(CC)C(C)(C)C. The maximum Gasteiger partial charge on any atom is 0.187 e. The predicted molar refractivity (Wildman–Crippen MR) is 48.5 cm³/mol. The second-order valence-electron chi connectivity index (χ2n) is 3.47. The predicted octanol–water partition coefficient (Wildman–Crippen LogP) is 1.71. The Hall–Kier alpha value is 0.532. The first-order valence-corrected chi connectivity index (χ1v) is 3.31. The van der Waals surface area contributed by atoms with Gasteiger partial charge in [-0.05, 0) is 18.3 Å². The molecule has 0 heterocycles. The standard InChI is InChI=1S/C8H17.Al.3H/c1-6-7(2)8(3,4)5;;;;/h7H,2,6H2,1,3-5H3;;;;. The molecule has 0 aliphatic rings. The first-order valence-electron chi connectivity index (χ1n) is 3.31. The van der Waals surface area contributed by atoms with Crippen LogP contribution in [0.1, 0.15) is 34.1 Å². The van der Waals surface area contributed by atoms with Crippen LogP contribution in [0.4, 0.5) is 0 Å². The van der Waals surface area contributed by atoms with Crippen LogP contribution in [0.5, 0.6) is 0 Å². The van der Waals surface area contributed by atoms with E-state index in [9.17, 15) is 0 Å². The Balaban J connectivity index is 0. The van der Waals surface area contributed by atoms with Gasteiger partial charge in [-0.25, -0.2) is 0 Å². The summed E-state index contributed by atoms with van der Waals surface area (Å²) in [7, 11) is 0. The minimum absolute atomic E-state index is 0. The Morgan fingerprint density at radius 2 is 1.67 bits per heavy atom. The molecule has 1 heteroatoms. The van der Waals surface area contributed by atoms with Crippen molar-refractivity contribution in [2.24, 2.45) is 11.3 Å². The normalized spacial score (nSPS) is 14.3. The van der Waals surface area contributed by atoms with Crippen LogP contribution in [0.3, 0.4) is 0 Å². The Kier molecular flexibility index (Phi) is 5.93. The van der Waals surface area contributed by atoms with E-state index in [0.29, 0.717) is 11.3 Å². The fourth-order valence-electron chi connectivity index (χ4n) is 0.612. The smallest absolute Gasteiger partial charge is 0.0651 e. The van der Waals surface area contributed by atoms with Gasteiger partial charge in [0.15, 0.2) is 17.4 Å².